The van der Waals surface area contributed by atoms with Crippen LogP contribution in [0.15, 0.2) is 66.7 Å². The fourth-order valence-corrected chi connectivity index (χ4v) is 4.18. The predicted octanol–water partition coefficient (Wildman–Crippen LogP) is 5.22. The van der Waals surface area contributed by atoms with Gasteiger partial charge in [0.15, 0.2) is 0 Å². The average Bonchev–Trinajstić information content (AvgIpc) is 2.72. The maximum atomic E-state index is 12.6. The summed E-state index contributed by atoms with van der Waals surface area (Å²) in [6.07, 6.45) is 1.12. The summed E-state index contributed by atoms with van der Waals surface area (Å²) in [5.74, 6) is 0.0847. The van der Waals surface area contributed by atoms with Crippen molar-refractivity contribution < 1.29 is 17.9 Å². The smallest absolute Gasteiger partial charge is 0.255 e. The van der Waals surface area contributed by atoms with E-state index in [9.17, 15) is 13.2 Å². The molecule has 0 aliphatic heterocycles. The average molecular weight is 479 g/mol. The highest BCUT2D eigenvalue weighted by molar-refractivity contribution is 7.92. The van der Waals surface area contributed by atoms with Crippen molar-refractivity contribution in [1.29, 1.82) is 0 Å². The summed E-state index contributed by atoms with van der Waals surface area (Å²) in [6.45, 7) is 0.0732. The molecule has 31 heavy (non-hydrogen) atoms. The lowest BCUT2D eigenvalue weighted by Crippen LogP contribution is -2.29. The van der Waals surface area contributed by atoms with Crippen LogP contribution in [0, 0.1) is 0 Å². The molecule has 162 valence electrons. The molecule has 6 nitrogen and oxygen atoms in total. The van der Waals surface area contributed by atoms with Gasteiger partial charge in [-0.05, 0) is 54.1 Å². The number of hydrogen-bond donors (Lipinski definition) is 1. The fraction of sp³-hybridized carbons (Fsp3) is 0.136. The molecule has 0 aromatic heterocycles. The number of rotatable bonds is 7. The number of hydrogen-bond acceptors (Lipinski definition) is 4. The molecule has 0 radical (unpaired) electrons. The molecule has 0 saturated heterocycles. The number of carbonyl (C=O) groups is 1. The Hall–Kier alpha value is -2.74. The molecular formula is C22H20Cl2N2O4S. The Morgan fingerprint density at radius 1 is 1.03 bits per heavy atom. The van der Waals surface area contributed by atoms with Crippen LogP contribution in [0.1, 0.15) is 15.9 Å². The molecule has 0 heterocycles. The lowest BCUT2D eigenvalue weighted by molar-refractivity contribution is 0.102. The highest BCUT2D eigenvalue weighted by Crippen LogP contribution is 2.29. The minimum atomic E-state index is -3.59. The molecule has 0 aliphatic rings. The van der Waals surface area contributed by atoms with Crippen molar-refractivity contribution in [3.8, 4) is 5.75 Å². The van der Waals surface area contributed by atoms with Crippen LogP contribution in [-0.2, 0) is 16.6 Å². The van der Waals surface area contributed by atoms with E-state index >= 15 is 0 Å². The summed E-state index contributed by atoms with van der Waals surface area (Å²) in [5, 5.41) is 3.68. The van der Waals surface area contributed by atoms with Gasteiger partial charge in [0.25, 0.3) is 5.91 Å². The Morgan fingerprint density at radius 3 is 2.32 bits per heavy atom. The third-order valence-corrected chi connectivity index (χ3v) is 6.24. The normalized spacial score (nSPS) is 11.1. The summed E-state index contributed by atoms with van der Waals surface area (Å²) in [5.41, 5.74) is 1.86. The van der Waals surface area contributed by atoms with Crippen molar-refractivity contribution in [3.63, 3.8) is 0 Å². The largest absolute Gasteiger partial charge is 0.495 e. The molecule has 0 aliphatic carbocycles. The van der Waals surface area contributed by atoms with E-state index in [2.05, 4.69) is 5.32 Å². The molecule has 1 N–H and O–H groups in total. The molecule has 0 atom stereocenters. The monoisotopic (exact) mass is 478 g/mol. The number of halogens is 2. The maximum Gasteiger partial charge on any atom is 0.255 e. The number of nitrogens with zero attached hydrogens (tertiary/aromatic N) is 1. The molecule has 0 saturated carbocycles. The van der Waals surface area contributed by atoms with Crippen LogP contribution in [0.4, 0.5) is 11.4 Å². The molecule has 3 aromatic rings. The topological polar surface area (TPSA) is 75.7 Å². The first-order chi connectivity index (χ1) is 14.7. The summed E-state index contributed by atoms with van der Waals surface area (Å²) >= 11 is 12.2. The van der Waals surface area contributed by atoms with Crippen molar-refractivity contribution in [2.75, 3.05) is 23.0 Å². The standard InChI is InChI=1S/C22H20Cl2N2O4S/c1-30-21-12-9-17(23)13-20(21)25-22(27)15-7-10-18(11-8-15)26(31(2,28)29)14-16-5-3-4-6-19(16)24/h3-13H,14H2,1-2H3,(H,25,27). The molecule has 3 rings (SSSR count). The van der Waals surface area contributed by atoms with E-state index < -0.39 is 10.0 Å². The lowest BCUT2D eigenvalue weighted by Gasteiger charge is -2.23. The van der Waals surface area contributed by atoms with Crippen LogP contribution in [0.25, 0.3) is 0 Å². The van der Waals surface area contributed by atoms with Gasteiger partial charge in [0.2, 0.25) is 10.0 Å². The van der Waals surface area contributed by atoms with Gasteiger partial charge in [-0.3, -0.25) is 9.10 Å². The first kappa shape index (κ1) is 22.9. The zero-order chi connectivity index (χ0) is 22.6. The van der Waals surface area contributed by atoms with Crippen LogP contribution in [0.3, 0.4) is 0 Å². The van der Waals surface area contributed by atoms with Gasteiger partial charge in [-0.15, -0.1) is 0 Å². The van der Waals surface area contributed by atoms with Gasteiger partial charge in [-0.25, -0.2) is 8.42 Å². The number of anilines is 2. The molecule has 9 heteroatoms. The molecular weight excluding hydrogens is 459 g/mol. The number of amides is 1. The highest BCUT2D eigenvalue weighted by Gasteiger charge is 2.20. The van der Waals surface area contributed by atoms with Crippen molar-refractivity contribution >= 4 is 50.5 Å². The molecule has 0 fully saturated rings. The number of benzene rings is 3. The third kappa shape index (κ3) is 5.70. The first-order valence-corrected chi connectivity index (χ1v) is 11.8. The highest BCUT2D eigenvalue weighted by atomic mass is 35.5. The summed E-state index contributed by atoms with van der Waals surface area (Å²) in [4.78, 5) is 12.6. The van der Waals surface area contributed by atoms with E-state index in [-0.39, 0.29) is 12.5 Å². The van der Waals surface area contributed by atoms with E-state index in [4.69, 9.17) is 27.9 Å². The molecule has 3 aromatic carbocycles. The second-order valence-corrected chi connectivity index (χ2v) is 9.46. The van der Waals surface area contributed by atoms with E-state index in [1.54, 1.807) is 66.7 Å². The minimum absolute atomic E-state index is 0.0732. The van der Waals surface area contributed by atoms with Crippen LogP contribution in [0.5, 0.6) is 5.75 Å². The number of ether oxygens (including phenoxy) is 1. The van der Waals surface area contributed by atoms with Crippen molar-refractivity contribution in [2.45, 2.75) is 6.54 Å². The van der Waals surface area contributed by atoms with Gasteiger partial charge in [0.1, 0.15) is 5.75 Å². The van der Waals surface area contributed by atoms with E-state index in [1.807, 2.05) is 0 Å². The van der Waals surface area contributed by atoms with Crippen LogP contribution in [0.2, 0.25) is 10.0 Å². The molecule has 0 spiro atoms. The third-order valence-electron chi connectivity index (χ3n) is 4.50. The second kappa shape index (κ2) is 9.60. The number of sulfonamides is 1. The molecule has 0 bridgehead atoms. The Balaban J connectivity index is 1.84. The quantitative estimate of drug-likeness (QED) is 0.504. The minimum Gasteiger partial charge on any atom is -0.495 e. The predicted molar refractivity (Wildman–Crippen MR) is 125 cm³/mol. The summed E-state index contributed by atoms with van der Waals surface area (Å²) < 4.78 is 31.2. The van der Waals surface area contributed by atoms with E-state index in [1.165, 1.54) is 11.4 Å². The Labute approximate surface area is 191 Å². The van der Waals surface area contributed by atoms with Crippen molar-refractivity contribution in [1.82, 2.24) is 0 Å². The van der Waals surface area contributed by atoms with Crippen LogP contribution in [-0.4, -0.2) is 27.7 Å². The Bertz CT molecular complexity index is 1200. The molecule has 0 unspecified atom stereocenters. The lowest BCUT2D eigenvalue weighted by atomic mass is 10.1. The van der Waals surface area contributed by atoms with Crippen LogP contribution < -0.4 is 14.4 Å². The van der Waals surface area contributed by atoms with Gasteiger partial charge in [0, 0.05) is 15.6 Å². The Morgan fingerprint density at radius 2 is 1.71 bits per heavy atom. The number of nitrogens with one attached hydrogen (secondary N) is 1. The maximum absolute atomic E-state index is 12.6. The van der Waals surface area contributed by atoms with E-state index in [0.717, 1.165) is 6.26 Å². The van der Waals surface area contributed by atoms with Gasteiger partial charge >= 0.3 is 0 Å². The number of carbonyl (C=O) groups excluding carboxylic acids is 1. The zero-order valence-corrected chi connectivity index (χ0v) is 19.1. The number of methoxy groups -OCH3 is 1. The van der Waals surface area contributed by atoms with Gasteiger partial charge < -0.3 is 10.1 Å². The van der Waals surface area contributed by atoms with E-state index in [0.29, 0.717) is 38.3 Å². The van der Waals surface area contributed by atoms with Crippen molar-refractivity contribution in [2.24, 2.45) is 0 Å². The second-order valence-electron chi connectivity index (χ2n) is 6.71. The van der Waals surface area contributed by atoms with Gasteiger partial charge in [-0.1, -0.05) is 41.4 Å². The SMILES string of the molecule is COc1ccc(Cl)cc1NC(=O)c1ccc(N(Cc2ccccc2Cl)S(C)(=O)=O)cc1. The Kier molecular flexibility index (Phi) is 7.10. The van der Waals surface area contributed by atoms with Gasteiger partial charge in [-0.2, -0.15) is 0 Å². The summed E-state index contributed by atoms with van der Waals surface area (Å²) in [6, 6.07) is 18.2. The van der Waals surface area contributed by atoms with Crippen molar-refractivity contribution in [3.05, 3.63) is 87.9 Å². The van der Waals surface area contributed by atoms with Crippen LogP contribution >= 0.6 is 23.2 Å². The summed E-state index contributed by atoms with van der Waals surface area (Å²) in [7, 11) is -2.09. The zero-order valence-electron chi connectivity index (χ0n) is 16.8. The first-order valence-electron chi connectivity index (χ1n) is 9.15. The molecule has 1 amide bonds. The fourth-order valence-electron chi connectivity index (χ4n) is 2.93. The van der Waals surface area contributed by atoms with Gasteiger partial charge in [0.05, 0.1) is 31.3 Å².